The molecule has 0 radical (unpaired) electrons. The number of rotatable bonds is 9. The van der Waals surface area contributed by atoms with Crippen molar-refractivity contribution in [3.05, 3.63) is 33.6 Å². The van der Waals surface area contributed by atoms with Crippen LogP contribution in [0.4, 0.5) is 0 Å². The topological polar surface area (TPSA) is 97.0 Å². The Morgan fingerprint density at radius 1 is 1.34 bits per heavy atom. The van der Waals surface area contributed by atoms with E-state index in [0.29, 0.717) is 60.1 Å². The van der Waals surface area contributed by atoms with Gasteiger partial charge in [-0.15, -0.1) is 0 Å². The fourth-order valence-corrected chi connectivity index (χ4v) is 4.97. The first-order valence-electron chi connectivity index (χ1n) is 11.1. The van der Waals surface area contributed by atoms with Gasteiger partial charge in [-0.1, -0.05) is 49.0 Å². The lowest BCUT2D eigenvalue weighted by Gasteiger charge is -2.26. The lowest BCUT2D eigenvalue weighted by atomic mass is 9.92. The highest BCUT2D eigenvalue weighted by molar-refractivity contribution is 7.99. The fourth-order valence-electron chi connectivity index (χ4n) is 3.98. The zero-order chi connectivity index (χ0) is 23.0. The van der Waals surface area contributed by atoms with Crippen molar-refractivity contribution in [3.63, 3.8) is 0 Å². The summed E-state index contributed by atoms with van der Waals surface area (Å²) in [5.74, 6) is -0.146. The van der Waals surface area contributed by atoms with Gasteiger partial charge in [0, 0.05) is 24.8 Å². The lowest BCUT2D eigenvalue weighted by Crippen LogP contribution is -2.47. The molecule has 0 aliphatic heterocycles. The number of carbonyl (C=O) groups is 1. The molecule has 1 saturated carbocycles. The van der Waals surface area contributed by atoms with Crippen molar-refractivity contribution in [2.45, 2.75) is 69.1 Å². The molecule has 1 fully saturated rings. The molecule has 1 aromatic carbocycles. The van der Waals surface area contributed by atoms with Gasteiger partial charge in [0.2, 0.25) is 5.91 Å². The van der Waals surface area contributed by atoms with Crippen molar-refractivity contribution in [1.29, 1.82) is 5.26 Å². The van der Waals surface area contributed by atoms with E-state index in [4.69, 9.17) is 16.3 Å². The van der Waals surface area contributed by atoms with E-state index in [9.17, 15) is 14.9 Å². The van der Waals surface area contributed by atoms with E-state index < -0.39 is 5.54 Å². The Kier molecular flexibility index (Phi) is 8.97. The van der Waals surface area contributed by atoms with E-state index in [0.717, 1.165) is 25.7 Å². The number of amides is 1. The second-order valence-electron chi connectivity index (χ2n) is 8.01. The van der Waals surface area contributed by atoms with Crippen LogP contribution in [0.3, 0.4) is 0 Å². The molecule has 0 bridgehead atoms. The van der Waals surface area contributed by atoms with Crippen LogP contribution in [-0.2, 0) is 16.1 Å². The number of nitriles is 1. The summed E-state index contributed by atoms with van der Waals surface area (Å²) in [7, 11) is 0. The molecule has 1 aliphatic carbocycles. The predicted octanol–water partition coefficient (Wildman–Crippen LogP) is 4.30. The molecule has 172 valence electrons. The maximum absolute atomic E-state index is 13.1. The number of nitrogens with one attached hydrogen (secondary N) is 1. The molecule has 1 aromatic heterocycles. The number of carbonyl (C=O) groups excluding carboxylic acids is 1. The van der Waals surface area contributed by atoms with Gasteiger partial charge in [-0.2, -0.15) is 5.26 Å². The van der Waals surface area contributed by atoms with Crippen LogP contribution in [0.5, 0.6) is 0 Å². The second-order valence-corrected chi connectivity index (χ2v) is 9.39. The minimum atomic E-state index is -0.796. The van der Waals surface area contributed by atoms with Gasteiger partial charge >= 0.3 is 0 Å². The van der Waals surface area contributed by atoms with Gasteiger partial charge in [-0.25, -0.2) is 4.98 Å². The normalized spacial score (nSPS) is 15.8. The van der Waals surface area contributed by atoms with Gasteiger partial charge < -0.3 is 10.1 Å². The molecule has 0 atom stereocenters. The number of hydrogen-bond donors (Lipinski definition) is 1. The molecule has 3 rings (SSSR count). The van der Waals surface area contributed by atoms with E-state index in [1.165, 1.54) is 11.8 Å². The van der Waals surface area contributed by atoms with Crippen LogP contribution in [0.2, 0.25) is 5.02 Å². The summed E-state index contributed by atoms with van der Waals surface area (Å²) in [6.07, 6.45) is 6.06. The molecule has 1 aliphatic rings. The summed E-state index contributed by atoms with van der Waals surface area (Å²) in [4.78, 5) is 30.5. The number of halogens is 1. The maximum atomic E-state index is 13.1. The van der Waals surface area contributed by atoms with Crippen molar-refractivity contribution in [1.82, 2.24) is 14.9 Å². The summed E-state index contributed by atoms with van der Waals surface area (Å²) in [6, 6.07) is 7.34. The largest absolute Gasteiger partial charge is 0.382 e. The van der Waals surface area contributed by atoms with Gasteiger partial charge in [0.1, 0.15) is 5.54 Å². The molecule has 0 unspecified atom stereocenters. The summed E-state index contributed by atoms with van der Waals surface area (Å²) in [6.45, 7) is 3.52. The number of hydrogen-bond acceptors (Lipinski definition) is 6. The molecule has 1 heterocycles. The smallest absolute Gasteiger partial charge is 0.262 e. The second kappa shape index (κ2) is 11.7. The van der Waals surface area contributed by atoms with E-state index >= 15 is 0 Å². The zero-order valence-electron chi connectivity index (χ0n) is 18.4. The van der Waals surface area contributed by atoms with E-state index in [1.807, 2.05) is 6.92 Å². The molecule has 0 saturated heterocycles. The highest BCUT2D eigenvalue weighted by Gasteiger charge is 2.32. The quantitative estimate of drug-likeness (QED) is 0.251. The number of thioether (sulfide) groups is 1. The Hall–Kier alpha value is -2.08. The monoisotopic (exact) mass is 476 g/mol. The predicted molar refractivity (Wildman–Crippen MR) is 127 cm³/mol. The molecule has 7 nitrogen and oxygen atoms in total. The van der Waals surface area contributed by atoms with Crippen LogP contribution >= 0.6 is 23.4 Å². The van der Waals surface area contributed by atoms with Crippen LogP contribution in [0.25, 0.3) is 10.9 Å². The first-order chi connectivity index (χ1) is 15.5. The summed E-state index contributed by atoms with van der Waals surface area (Å²) < 4.78 is 7.00. The summed E-state index contributed by atoms with van der Waals surface area (Å²) in [5.41, 5.74) is -0.456. The standard InChI is InChI=1S/C23H29ClN4O3S/c1-2-31-13-7-12-28-21(30)18-9-8-17(24)14-19(18)26-22(28)32-15-20(29)27-23(16-25)10-5-3-4-6-11-23/h8-9,14H,2-7,10-13,15H2,1H3,(H,27,29). The highest BCUT2D eigenvalue weighted by Crippen LogP contribution is 2.27. The zero-order valence-corrected chi connectivity index (χ0v) is 19.9. The Labute approximate surface area is 197 Å². The first-order valence-corrected chi connectivity index (χ1v) is 12.5. The third-order valence-corrected chi connectivity index (χ3v) is 6.85. The number of fused-ring (bicyclic) bond motifs is 1. The van der Waals surface area contributed by atoms with Crippen LogP contribution in [0, 0.1) is 11.3 Å². The van der Waals surface area contributed by atoms with Crippen LogP contribution in [-0.4, -0.2) is 40.0 Å². The molecule has 1 amide bonds. The molecule has 9 heteroatoms. The number of aromatic nitrogens is 2. The first kappa shape index (κ1) is 24.6. The van der Waals surface area contributed by atoms with Gasteiger partial charge in [-0.3, -0.25) is 14.2 Å². The summed E-state index contributed by atoms with van der Waals surface area (Å²) >= 11 is 7.30. The van der Waals surface area contributed by atoms with Gasteiger partial charge in [0.05, 0.1) is 22.7 Å². The van der Waals surface area contributed by atoms with Crippen LogP contribution in [0.1, 0.15) is 51.9 Å². The summed E-state index contributed by atoms with van der Waals surface area (Å²) in [5, 5.41) is 14.1. The highest BCUT2D eigenvalue weighted by atomic mass is 35.5. The van der Waals surface area contributed by atoms with Gasteiger partial charge in [-0.05, 0) is 44.4 Å². The molecular weight excluding hydrogens is 448 g/mol. The van der Waals surface area contributed by atoms with Crippen molar-refractivity contribution in [2.24, 2.45) is 0 Å². The number of nitrogens with zero attached hydrogens (tertiary/aromatic N) is 3. The van der Waals surface area contributed by atoms with Crippen LogP contribution in [0.15, 0.2) is 28.2 Å². The minimum Gasteiger partial charge on any atom is -0.382 e. The third-order valence-electron chi connectivity index (χ3n) is 5.64. The lowest BCUT2D eigenvalue weighted by molar-refractivity contribution is -0.120. The maximum Gasteiger partial charge on any atom is 0.262 e. The Balaban J connectivity index is 1.79. The van der Waals surface area contributed by atoms with Gasteiger partial charge in [0.25, 0.3) is 5.56 Å². The van der Waals surface area contributed by atoms with Crippen molar-refractivity contribution >= 4 is 40.2 Å². The van der Waals surface area contributed by atoms with Gasteiger partial charge in [0.15, 0.2) is 5.16 Å². The fraction of sp³-hybridized carbons (Fsp3) is 0.565. The third kappa shape index (κ3) is 6.25. The number of benzene rings is 1. The average molecular weight is 477 g/mol. The molecular formula is C23H29ClN4O3S. The van der Waals surface area contributed by atoms with Crippen molar-refractivity contribution in [3.8, 4) is 6.07 Å². The van der Waals surface area contributed by atoms with E-state index in [2.05, 4.69) is 16.4 Å². The van der Waals surface area contributed by atoms with Crippen molar-refractivity contribution < 1.29 is 9.53 Å². The SMILES string of the molecule is CCOCCCn1c(SCC(=O)NC2(C#N)CCCCCC2)nc2cc(Cl)ccc2c1=O. The number of ether oxygens (including phenoxy) is 1. The van der Waals surface area contributed by atoms with Crippen molar-refractivity contribution in [2.75, 3.05) is 19.0 Å². The van der Waals surface area contributed by atoms with Crippen LogP contribution < -0.4 is 10.9 Å². The Morgan fingerprint density at radius 2 is 2.09 bits per heavy atom. The average Bonchev–Trinajstić information content (AvgIpc) is 3.02. The Morgan fingerprint density at radius 3 is 2.78 bits per heavy atom. The molecule has 0 spiro atoms. The van der Waals surface area contributed by atoms with E-state index in [-0.39, 0.29) is 17.2 Å². The molecule has 32 heavy (non-hydrogen) atoms. The molecule has 2 aromatic rings. The Bertz CT molecular complexity index is 1040. The molecule has 1 N–H and O–H groups in total. The van der Waals surface area contributed by atoms with E-state index in [1.54, 1.807) is 22.8 Å². The minimum absolute atomic E-state index is 0.0768.